The molecule has 2 aromatic carbocycles. The summed E-state index contributed by atoms with van der Waals surface area (Å²) >= 11 is 0. The van der Waals surface area contributed by atoms with Gasteiger partial charge in [-0.25, -0.2) is 0 Å². The molecule has 2 rings (SSSR count). The van der Waals surface area contributed by atoms with E-state index in [-0.39, 0.29) is 11.7 Å². The van der Waals surface area contributed by atoms with Gasteiger partial charge in [-0.3, -0.25) is 9.59 Å². The van der Waals surface area contributed by atoms with E-state index >= 15 is 0 Å². The van der Waals surface area contributed by atoms with Gasteiger partial charge in [-0.05, 0) is 49.7 Å². The summed E-state index contributed by atoms with van der Waals surface area (Å²) in [5.74, 6) is 1.63. The van der Waals surface area contributed by atoms with Crippen LogP contribution in [0.25, 0.3) is 0 Å². The predicted molar refractivity (Wildman–Crippen MR) is 104 cm³/mol. The van der Waals surface area contributed by atoms with Gasteiger partial charge in [0, 0.05) is 12.1 Å². The van der Waals surface area contributed by atoms with Crippen LogP contribution in [-0.2, 0) is 11.3 Å². The second-order valence-electron chi connectivity index (χ2n) is 6.09. The number of hydrogen-bond acceptors (Lipinski definition) is 6. The van der Waals surface area contributed by atoms with Crippen LogP contribution in [0.5, 0.6) is 23.0 Å². The Labute approximate surface area is 164 Å². The van der Waals surface area contributed by atoms with Crippen molar-refractivity contribution in [3.05, 3.63) is 47.5 Å². The number of hydrogen-bond donors (Lipinski definition) is 1. The highest BCUT2D eigenvalue weighted by Gasteiger charge is 2.18. The average Bonchev–Trinajstić information content (AvgIpc) is 2.71. The molecule has 1 amide bonds. The molecule has 0 aromatic heterocycles. The molecule has 0 saturated heterocycles. The highest BCUT2D eigenvalue weighted by atomic mass is 16.5. The zero-order chi connectivity index (χ0) is 20.7. The number of ketones is 1. The summed E-state index contributed by atoms with van der Waals surface area (Å²) in [4.78, 5) is 23.9. The summed E-state index contributed by atoms with van der Waals surface area (Å²) in [7, 11) is 4.60. The molecule has 0 bridgehead atoms. The molecule has 150 valence electrons. The molecule has 0 aliphatic carbocycles. The number of rotatable bonds is 9. The Bertz CT molecular complexity index is 849. The third kappa shape index (κ3) is 5.16. The molecule has 0 saturated carbocycles. The molecule has 1 atom stereocenters. The molecule has 28 heavy (non-hydrogen) atoms. The van der Waals surface area contributed by atoms with Gasteiger partial charge in [0.15, 0.2) is 34.9 Å². The van der Waals surface area contributed by atoms with Crippen molar-refractivity contribution in [2.45, 2.75) is 26.5 Å². The fourth-order valence-corrected chi connectivity index (χ4v) is 2.55. The quantitative estimate of drug-likeness (QED) is 0.666. The first-order valence-corrected chi connectivity index (χ1v) is 8.73. The second-order valence-corrected chi connectivity index (χ2v) is 6.09. The van der Waals surface area contributed by atoms with Crippen LogP contribution in [0.3, 0.4) is 0 Å². The van der Waals surface area contributed by atoms with E-state index in [4.69, 9.17) is 18.9 Å². The zero-order valence-electron chi connectivity index (χ0n) is 16.7. The van der Waals surface area contributed by atoms with Crippen LogP contribution in [0.2, 0.25) is 0 Å². The van der Waals surface area contributed by atoms with Crippen LogP contribution in [0.4, 0.5) is 0 Å². The van der Waals surface area contributed by atoms with Gasteiger partial charge < -0.3 is 24.3 Å². The number of benzene rings is 2. The van der Waals surface area contributed by atoms with E-state index < -0.39 is 6.10 Å². The number of ether oxygens (including phenoxy) is 4. The first-order valence-electron chi connectivity index (χ1n) is 8.73. The minimum atomic E-state index is -0.753. The smallest absolute Gasteiger partial charge is 0.261 e. The minimum Gasteiger partial charge on any atom is -0.493 e. The van der Waals surface area contributed by atoms with Gasteiger partial charge in [-0.2, -0.15) is 0 Å². The highest BCUT2D eigenvalue weighted by Crippen LogP contribution is 2.29. The lowest BCUT2D eigenvalue weighted by Gasteiger charge is -2.17. The van der Waals surface area contributed by atoms with E-state index in [1.54, 1.807) is 51.5 Å². The number of carbonyl (C=O) groups excluding carboxylic acids is 2. The first-order chi connectivity index (χ1) is 13.4. The summed E-state index contributed by atoms with van der Waals surface area (Å²) in [5.41, 5.74) is 1.37. The molecule has 0 radical (unpaired) electrons. The maximum absolute atomic E-state index is 12.4. The zero-order valence-corrected chi connectivity index (χ0v) is 16.7. The standard InChI is InChI=1S/C21H25NO6/c1-13(23)16-7-9-18(20(11-16)27-5)28-14(2)21(24)22-12-15-6-8-17(25-3)19(10-15)26-4/h6-11,14H,12H2,1-5H3,(H,22,24)/t14-/m0/s1. The largest absolute Gasteiger partial charge is 0.493 e. The van der Waals surface area contributed by atoms with Crippen molar-refractivity contribution in [1.82, 2.24) is 5.32 Å². The van der Waals surface area contributed by atoms with E-state index in [0.717, 1.165) is 5.56 Å². The molecule has 7 heteroatoms. The van der Waals surface area contributed by atoms with E-state index in [1.807, 2.05) is 6.07 Å². The van der Waals surface area contributed by atoms with Crippen molar-refractivity contribution in [3.8, 4) is 23.0 Å². The number of carbonyl (C=O) groups is 2. The van der Waals surface area contributed by atoms with Crippen LogP contribution in [0.1, 0.15) is 29.8 Å². The first kappa shape index (κ1) is 21.1. The summed E-state index contributed by atoms with van der Waals surface area (Å²) < 4.78 is 21.4. The molecule has 0 aliphatic rings. The summed E-state index contributed by atoms with van der Waals surface area (Å²) in [6.45, 7) is 3.43. The molecule has 7 nitrogen and oxygen atoms in total. The Kier molecular flexibility index (Phi) is 7.26. The number of amides is 1. The molecule has 0 spiro atoms. The normalized spacial score (nSPS) is 11.3. The molecular formula is C21H25NO6. The van der Waals surface area contributed by atoms with Crippen LogP contribution in [0, 0.1) is 0 Å². The molecule has 0 heterocycles. The Hall–Kier alpha value is -3.22. The van der Waals surface area contributed by atoms with Gasteiger partial charge in [0.05, 0.1) is 21.3 Å². The molecule has 2 aromatic rings. The van der Waals surface area contributed by atoms with Crippen LogP contribution in [0.15, 0.2) is 36.4 Å². The van der Waals surface area contributed by atoms with E-state index in [9.17, 15) is 9.59 Å². The Morgan fingerprint density at radius 3 is 2.11 bits per heavy atom. The van der Waals surface area contributed by atoms with Gasteiger partial charge in [0.25, 0.3) is 5.91 Å². The average molecular weight is 387 g/mol. The van der Waals surface area contributed by atoms with Crippen molar-refractivity contribution >= 4 is 11.7 Å². The van der Waals surface area contributed by atoms with Crippen molar-refractivity contribution < 1.29 is 28.5 Å². The van der Waals surface area contributed by atoms with Gasteiger partial charge in [0.2, 0.25) is 0 Å². The number of Topliss-reactive ketones (excluding diaryl/α,β-unsaturated/α-hetero) is 1. The van der Waals surface area contributed by atoms with Crippen molar-refractivity contribution in [3.63, 3.8) is 0 Å². The van der Waals surface area contributed by atoms with E-state index in [2.05, 4.69) is 5.32 Å². The van der Waals surface area contributed by atoms with Gasteiger partial charge in [-0.15, -0.1) is 0 Å². The van der Waals surface area contributed by atoms with Crippen LogP contribution < -0.4 is 24.3 Å². The van der Waals surface area contributed by atoms with Gasteiger partial charge in [0.1, 0.15) is 0 Å². The lowest BCUT2D eigenvalue weighted by molar-refractivity contribution is -0.127. The Morgan fingerprint density at radius 2 is 1.50 bits per heavy atom. The molecule has 1 N–H and O–H groups in total. The lowest BCUT2D eigenvalue weighted by Crippen LogP contribution is -2.36. The van der Waals surface area contributed by atoms with Crippen molar-refractivity contribution in [2.24, 2.45) is 0 Å². The maximum Gasteiger partial charge on any atom is 0.261 e. The predicted octanol–water partition coefficient (Wildman–Crippen LogP) is 3.00. The minimum absolute atomic E-state index is 0.0782. The Balaban J connectivity index is 2.01. The highest BCUT2D eigenvalue weighted by molar-refractivity contribution is 5.94. The van der Waals surface area contributed by atoms with Crippen molar-refractivity contribution in [2.75, 3.05) is 21.3 Å². The number of nitrogens with one attached hydrogen (secondary N) is 1. The molecule has 0 unspecified atom stereocenters. The third-order valence-electron chi connectivity index (χ3n) is 4.16. The van der Waals surface area contributed by atoms with E-state index in [0.29, 0.717) is 35.1 Å². The van der Waals surface area contributed by atoms with Crippen LogP contribution >= 0.6 is 0 Å². The fourth-order valence-electron chi connectivity index (χ4n) is 2.55. The fraction of sp³-hybridized carbons (Fsp3) is 0.333. The van der Waals surface area contributed by atoms with Crippen LogP contribution in [-0.4, -0.2) is 39.1 Å². The van der Waals surface area contributed by atoms with E-state index in [1.165, 1.54) is 14.0 Å². The van der Waals surface area contributed by atoms with Gasteiger partial charge in [-0.1, -0.05) is 6.07 Å². The SMILES string of the molecule is COc1ccc(CNC(=O)[C@H](C)Oc2ccc(C(C)=O)cc2OC)cc1OC. The summed E-state index contributed by atoms with van der Waals surface area (Å²) in [6, 6.07) is 10.3. The molecular weight excluding hydrogens is 362 g/mol. The lowest BCUT2D eigenvalue weighted by atomic mass is 10.1. The molecule has 0 aliphatic heterocycles. The summed E-state index contributed by atoms with van der Waals surface area (Å²) in [6.07, 6.45) is -0.753. The van der Waals surface area contributed by atoms with Gasteiger partial charge >= 0.3 is 0 Å². The van der Waals surface area contributed by atoms with Crippen molar-refractivity contribution in [1.29, 1.82) is 0 Å². The summed E-state index contributed by atoms with van der Waals surface area (Å²) in [5, 5.41) is 2.82. The third-order valence-corrected chi connectivity index (χ3v) is 4.16. The number of methoxy groups -OCH3 is 3. The molecule has 0 fully saturated rings. The second kappa shape index (κ2) is 9.64. The Morgan fingerprint density at radius 1 is 0.893 bits per heavy atom. The maximum atomic E-state index is 12.4. The monoisotopic (exact) mass is 387 g/mol. The topological polar surface area (TPSA) is 83.1 Å².